The molecule has 22 heavy (non-hydrogen) atoms. The highest BCUT2D eigenvalue weighted by atomic mass is 35.6. The molecule has 0 heterocycles. The number of nitrogens with one attached hydrogen (secondary N) is 3. The van der Waals surface area contributed by atoms with E-state index in [1.54, 1.807) is 0 Å². The van der Waals surface area contributed by atoms with Gasteiger partial charge in [0.25, 0.3) is 0 Å². The molecule has 0 aliphatic carbocycles. The maximum Gasteiger partial charge on any atom is 0.236 e. The van der Waals surface area contributed by atoms with Gasteiger partial charge < -0.3 is 16.0 Å². The molecule has 0 fully saturated rings. The van der Waals surface area contributed by atoms with Crippen LogP contribution in [0.5, 0.6) is 0 Å². The van der Waals surface area contributed by atoms with Gasteiger partial charge in [0, 0.05) is 5.69 Å². The number of hydrogen-bond acceptors (Lipinski definition) is 2. The lowest BCUT2D eigenvalue weighted by molar-refractivity contribution is -0.119. The lowest BCUT2D eigenvalue weighted by Gasteiger charge is -2.27. The normalized spacial score (nSPS) is 12.5. The molecule has 4 nitrogen and oxygen atoms in total. The van der Waals surface area contributed by atoms with E-state index in [4.69, 9.17) is 58.6 Å². The second-order valence-corrected chi connectivity index (χ2v) is 7.64. The van der Waals surface area contributed by atoms with Crippen LogP contribution in [0.15, 0.2) is 18.2 Å². The highest BCUT2D eigenvalue weighted by molar-refractivity contribution is 7.80. The number of thiocarbonyl (C=S) groups is 1. The third-order valence-electron chi connectivity index (χ3n) is 2.67. The maximum atomic E-state index is 11.4. The van der Waals surface area contributed by atoms with Crippen molar-refractivity contribution in [3.63, 3.8) is 0 Å². The van der Waals surface area contributed by atoms with E-state index in [1.165, 1.54) is 0 Å². The zero-order chi connectivity index (χ0) is 16.9. The first-order valence-electron chi connectivity index (χ1n) is 6.20. The molecular weight excluding hydrogens is 388 g/mol. The van der Waals surface area contributed by atoms with E-state index in [-0.39, 0.29) is 11.0 Å². The summed E-state index contributed by atoms with van der Waals surface area (Å²) in [6.45, 7) is 3.90. The SMILES string of the molecule is Cc1ccc(C)c(NC(=S)N[C@@H](NC(=O)CCl)C(Cl)(Cl)Cl)c1. The van der Waals surface area contributed by atoms with E-state index in [9.17, 15) is 4.79 Å². The van der Waals surface area contributed by atoms with Gasteiger partial charge in [-0.05, 0) is 43.3 Å². The quantitative estimate of drug-likeness (QED) is 0.408. The van der Waals surface area contributed by atoms with Crippen molar-refractivity contribution in [3.8, 4) is 0 Å². The Morgan fingerprint density at radius 2 is 1.91 bits per heavy atom. The number of benzene rings is 1. The lowest BCUT2D eigenvalue weighted by Crippen LogP contribution is -2.56. The lowest BCUT2D eigenvalue weighted by atomic mass is 10.1. The van der Waals surface area contributed by atoms with Crippen molar-refractivity contribution in [2.45, 2.75) is 23.8 Å². The molecular formula is C13H15Cl4N3OS. The Bertz CT molecular complexity index is 563. The van der Waals surface area contributed by atoms with Gasteiger partial charge in [-0.1, -0.05) is 46.9 Å². The number of anilines is 1. The number of amides is 1. The van der Waals surface area contributed by atoms with Crippen molar-refractivity contribution in [2.24, 2.45) is 0 Å². The first kappa shape index (κ1) is 19.6. The standard InChI is InChI=1S/C13H15Cl4N3OS/c1-7-3-4-8(2)9(5-7)18-12(22)20-11(13(15,16)17)19-10(21)6-14/h3-5,11H,6H2,1-2H3,(H,19,21)(H2,18,20,22)/t11-/m1/s1. The molecule has 0 spiro atoms. The largest absolute Gasteiger partial charge is 0.339 e. The Balaban J connectivity index is 2.79. The summed E-state index contributed by atoms with van der Waals surface area (Å²) in [6, 6.07) is 5.88. The molecule has 0 bridgehead atoms. The number of carbonyl (C=O) groups excluding carboxylic acids is 1. The summed E-state index contributed by atoms with van der Waals surface area (Å²) >= 11 is 28.1. The van der Waals surface area contributed by atoms with Crippen LogP contribution in [0, 0.1) is 13.8 Å². The topological polar surface area (TPSA) is 53.2 Å². The van der Waals surface area contributed by atoms with E-state index >= 15 is 0 Å². The molecule has 1 atom stereocenters. The van der Waals surface area contributed by atoms with Gasteiger partial charge in [0.1, 0.15) is 12.0 Å². The number of rotatable bonds is 4. The molecule has 1 amide bonds. The average molecular weight is 403 g/mol. The Morgan fingerprint density at radius 1 is 1.27 bits per heavy atom. The molecule has 0 saturated carbocycles. The van der Waals surface area contributed by atoms with Crippen molar-refractivity contribution in [1.29, 1.82) is 0 Å². The van der Waals surface area contributed by atoms with Crippen molar-refractivity contribution >= 4 is 75.3 Å². The molecule has 1 rings (SSSR count). The fraction of sp³-hybridized carbons (Fsp3) is 0.385. The fourth-order valence-electron chi connectivity index (χ4n) is 1.56. The summed E-state index contributed by atoms with van der Waals surface area (Å²) < 4.78 is -1.80. The van der Waals surface area contributed by atoms with E-state index < -0.39 is 15.9 Å². The Morgan fingerprint density at radius 3 is 2.45 bits per heavy atom. The number of alkyl halides is 4. The van der Waals surface area contributed by atoms with Crippen LogP contribution < -0.4 is 16.0 Å². The number of halogens is 4. The molecule has 0 radical (unpaired) electrons. The maximum absolute atomic E-state index is 11.4. The third-order valence-corrected chi connectivity index (χ3v) is 3.79. The molecule has 0 aliphatic heterocycles. The van der Waals surface area contributed by atoms with Crippen LogP contribution in [-0.2, 0) is 4.79 Å². The van der Waals surface area contributed by atoms with Crippen molar-refractivity contribution in [3.05, 3.63) is 29.3 Å². The predicted molar refractivity (Wildman–Crippen MR) is 98.2 cm³/mol. The van der Waals surface area contributed by atoms with E-state index in [1.807, 2.05) is 32.0 Å². The van der Waals surface area contributed by atoms with Crippen LogP contribution >= 0.6 is 58.6 Å². The molecule has 0 unspecified atom stereocenters. The molecule has 1 aromatic rings. The molecule has 3 N–H and O–H groups in total. The van der Waals surface area contributed by atoms with Crippen LogP contribution in [0.1, 0.15) is 11.1 Å². The first-order chi connectivity index (χ1) is 10.1. The zero-order valence-corrected chi connectivity index (χ0v) is 15.7. The van der Waals surface area contributed by atoms with E-state index in [0.29, 0.717) is 0 Å². The van der Waals surface area contributed by atoms with Crippen LogP contribution in [0.3, 0.4) is 0 Å². The average Bonchev–Trinajstić information content (AvgIpc) is 2.41. The number of hydrogen-bond donors (Lipinski definition) is 3. The second kappa shape index (κ2) is 8.41. The van der Waals surface area contributed by atoms with Crippen LogP contribution in [0.2, 0.25) is 0 Å². The van der Waals surface area contributed by atoms with Crippen LogP contribution in [0.25, 0.3) is 0 Å². The predicted octanol–water partition coefficient (Wildman–Crippen LogP) is 3.64. The van der Waals surface area contributed by atoms with Gasteiger partial charge in [0.05, 0.1) is 0 Å². The Kier molecular flexibility index (Phi) is 7.49. The second-order valence-electron chi connectivity index (χ2n) is 4.59. The summed E-state index contributed by atoms with van der Waals surface area (Å²) in [7, 11) is 0. The summed E-state index contributed by atoms with van der Waals surface area (Å²) in [4.78, 5) is 11.4. The number of aryl methyl sites for hydroxylation is 2. The Labute approximate surface area is 154 Å². The van der Waals surface area contributed by atoms with Crippen molar-refractivity contribution in [2.75, 3.05) is 11.2 Å². The molecule has 0 aromatic heterocycles. The molecule has 0 aliphatic rings. The zero-order valence-electron chi connectivity index (χ0n) is 11.8. The minimum atomic E-state index is -1.80. The first-order valence-corrected chi connectivity index (χ1v) is 8.28. The highest BCUT2D eigenvalue weighted by Crippen LogP contribution is 2.29. The summed E-state index contributed by atoms with van der Waals surface area (Å²) in [6.07, 6.45) is -1.02. The van der Waals surface area contributed by atoms with Gasteiger partial charge >= 0.3 is 0 Å². The van der Waals surface area contributed by atoms with Crippen LogP contribution in [-0.4, -0.2) is 26.9 Å². The van der Waals surface area contributed by atoms with Gasteiger partial charge in [-0.15, -0.1) is 11.6 Å². The summed E-state index contributed by atoms with van der Waals surface area (Å²) in [5.41, 5.74) is 2.90. The minimum absolute atomic E-state index is 0.208. The van der Waals surface area contributed by atoms with Gasteiger partial charge in [-0.3, -0.25) is 4.79 Å². The Hall–Kier alpha value is -0.460. The third kappa shape index (κ3) is 6.34. The van der Waals surface area contributed by atoms with Gasteiger partial charge in [-0.25, -0.2) is 0 Å². The monoisotopic (exact) mass is 401 g/mol. The number of carbonyl (C=O) groups is 1. The van der Waals surface area contributed by atoms with E-state index in [2.05, 4.69) is 16.0 Å². The van der Waals surface area contributed by atoms with Gasteiger partial charge in [-0.2, -0.15) is 0 Å². The summed E-state index contributed by atoms with van der Waals surface area (Å²) in [5.74, 6) is -0.740. The molecule has 1 aromatic carbocycles. The van der Waals surface area contributed by atoms with E-state index in [0.717, 1.165) is 16.8 Å². The van der Waals surface area contributed by atoms with Crippen molar-refractivity contribution < 1.29 is 4.79 Å². The van der Waals surface area contributed by atoms with Crippen molar-refractivity contribution in [1.82, 2.24) is 10.6 Å². The van der Waals surface area contributed by atoms with Gasteiger partial charge in [0.2, 0.25) is 9.70 Å². The smallest absolute Gasteiger partial charge is 0.236 e. The van der Waals surface area contributed by atoms with Gasteiger partial charge in [0.15, 0.2) is 5.11 Å². The summed E-state index contributed by atoms with van der Waals surface area (Å²) in [5, 5.41) is 8.41. The minimum Gasteiger partial charge on any atom is -0.339 e. The molecule has 9 heteroatoms. The van der Waals surface area contributed by atoms with Crippen LogP contribution in [0.4, 0.5) is 5.69 Å². The molecule has 122 valence electrons. The highest BCUT2D eigenvalue weighted by Gasteiger charge is 2.34. The molecule has 0 saturated heterocycles. The fourth-order valence-corrected chi connectivity index (χ4v) is 2.19.